The van der Waals surface area contributed by atoms with Gasteiger partial charge in [0.25, 0.3) is 11.8 Å². The summed E-state index contributed by atoms with van der Waals surface area (Å²) in [6.07, 6.45) is 1.43. The van der Waals surface area contributed by atoms with Crippen LogP contribution in [0.25, 0.3) is 6.08 Å². The number of hydrogen-bond acceptors (Lipinski definition) is 4. The molecule has 3 rings (SSSR count). The van der Waals surface area contributed by atoms with E-state index in [-0.39, 0.29) is 18.1 Å². The van der Waals surface area contributed by atoms with Crippen LogP contribution in [0.1, 0.15) is 22.3 Å². The van der Waals surface area contributed by atoms with Crippen LogP contribution < -0.4 is 15.4 Å². The van der Waals surface area contributed by atoms with Crippen molar-refractivity contribution in [1.82, 2.24) is 0 Å². The molecule has 6 nitrogen and oxygen atoms in total. The number of rotatable bonds is 7. The summed E-state index contributed by atoms with van der Waals surface area (Å²) in [5, 5.41) is 15.2. The number of carbonyl (C=O) groups is 2. The Morgan fingerprint density at radius 1 is 1.00 bits per heavy atom. The summed E-state index contributed by atoms with van der Waals surface area (Å²) < 4.78 is 7.09. The van der Waals surface area contributed by atoms with Crippen molar-refractivity contribution < 1.29 is 14.3 Å². The minimum atomic E-state index is -0.548. The van der Waals surface area contributed by atoms with Crippen LogP contribution in [0.5, 0.6) is 5.75 Å². The van der Waals surface area contributed by atoms with Gasteiger partial charge in [0.05, 0.1) is 4.47 Å². The van der Waals surface area contributed by atoms with Crippen LogP contribution in [0.3, 0.4) is 0 Å². The molecular weight excluding hydrogens is 574 g/mol. The first-order chi connectivity index (χ1) is 16.7. The van der Waals surface area contributed by atoms with Crippen LogP contribution in [-0.4, -0.2) is 18.4 Å². The Kier molecular flexibility index (Phi) is 8.85. The Balaban J connectivity index is 1.81. The highest BCUT2D eigenvalue weighted by molar-refractivity contribution is 9.11. The molecule has 0 heterocycles. The van der Waals surface area contributed by atoms with E-state index in [0.29, 0.717) is 31.6 Å². The van der Waals surface area contributed by atoms with E-state index in [1.807, 2.05) is 63.2 Å². The number of carbonyl (C=O) groups excluding carboxylic acids is 2. The summed E-state index contributed by atoms with van der Waals surface area (Å²) in [5.41, 5.74) is 4.61. The molecule has 2 N–H and O–H groups in total. The molecule has 35 heavy (non-hydrogen) atoms. The smallest absolute Gasteiger partial charge is 0.266 e. The molecule has 0 saturated carbocycles. The van der Waals surface area contributed by atoms with E-state index in [4.69, 9.17) is 4.74 Å². The standard InChI is InChI=1S/C27H23Br2N3O3/c1-16-5-4-6-22(9-16)31-27(34)20(14-30)11-19-12-21(28)13-23(29)26(19)35-15-25(33)32-24-10-17(2)7-8-18(24)3/h4-13H,15H2,1-3H3,(H,31,34)(H,32,33)/b20-11+. The Hall–Kier alpha value is -3.41. The fourth-order valence-electron chi connectivity index (χ4n) is 3.26. The van der Waals surface area contributed by atoms with Gasteiger partial charge in [-0.1, -0.05) is 40.2 Å². The molecular formula is C27H23Br2N3O3. The predicted octanol–water partition coefficient (Wildman–Crippen LogP) is 6.70. The molecule has 8 heteroatoms. The molecule has 2 amide bonds. The number of benzene rings is 3. The first-order valence-electron chi connectivity index (χ1n) is 10.6. The fourth-order valence-corrected chi connectivity index (χ4v) is 4.63. The van der Waals surface area contributed by atoms with Crippen molar-refractivity contribution in [3.05, 3.63) is 91.4 Å². The number of amides is 2. The van der Waals surface area contributed by atoms with Gasteiger partial charge < -0.3 is 15.4 Å². The third-order valence-electron chi connectivity index (χ3n) is 4.99. The van der Waals surface area contributed by atoms with E-state index < -0.39 is 5.91 Å². The van der Waals surface area contributed by atoms with Gasteiger partial charge >= 0.3 is 0 Å². The second-order valence-electron chi connectivity index (χ2n) is 7.95. The van der Waals surface area contributed by atoms with Gasteiger partial charge in [-0.3, -0.25) is 9.59 Å². The molecule has 0 bridgehead atoms. The van der Waals surface area contributed by atoms with E-state index in [1.54, 1.807) is 18.2 Å². The Morgan fingerprint density at radius 3 is 2.46 bits per heavy atom. The highest BCUT2D eigenvalue weighted by Gasteiger charge is 2.16. The zero-order valence-corrected chi connectivity index (χ0v) is 22.6. The van der Waals surface area contributed by atoms with Gasteiger partial charge in [-0.25, -0.2) is 0 Å². The Morgan fingerprint density at radius 2 is 1.74 bits per heavy atom. The molecule has 0 aliphatic rings. The summed E-state index contributed by atoms with van der Waals surface area (Å²) in [5.74, 6) is -0.547. The second kappa shape index (κ2) is 11.8. The van der Waals surface area contributed by atoms with Crippen LogP contribution in [0.2, 0.25) is 0 Å². The molecule has 3 aromatic carbocycles. The largest absolute Gasteiger partial charge is 0.482 e. The molecule has 0 saturated heterocycles. The summed E-state index contributed by atoms with van der Waals surface area (Å²) in [4.78, 5) is 25.3. The van der Waals surface area contributed by atoms with Crippen molar-refractivity contribution in [2.24, 2.45) is 0 Å². The maximum atomic E-state index is 12.7. The van der Waals surface area contributed by atoms with Crippen LogP contribution in [0.15, 0.2) is 69.1 Å². The third kappa shape index (κ3) is 7.28. The highest BCUT2D eigenvalue weighted by atomic mass is 79.9. The average Bonchev–Trinajstić information content (AvgIpc) is 2.79. The van der Waals surface area contributed by atoms with Crippen molar-refractivity contribution in [2.45, 2.75) is 20.8 Å². The van der Waals surface area contributed by atoms with Gasteiger partial charge in [0.1, 0.15) is 17.4 Å². The van der Waals surface area contributed by atoms with Crippen LogP contribution in [-0.2, 0) is 9.59 Å². The van der Waals surface area contributed by atoms with Gasteiger partial charge in [-0.05, 0) is 89.8 Å². The molecule has 0 aromatic heterocycles. The number of ether oxygens (including phenoxy) is 1. The lowest BCUT2D eigenvalue weighted by molar-refractivity contribution is -0.118. The van der Waals surface area contributed by atoms with Crippen LogP contribution in [0, 0.1) is 32.1 Å². The van der Waals surface area contributed by atoms with Gasteiger partial charge in [-0.2, -0.15) is 5.26 Å². The minimum Gasteiger partial charge on any atom is -0.482 e. The summed E-state index contributed by atoms with van der Waals surface area (Å²) >= 11 is 6.87. The van der Waals surface area contributed by atoms with Gasteiger partial charge in [0.2, 0.25) is 0 Å². The minimum absolute atomic E-state index is 0.110. The van der Waals surface area contributed by atoms with Crippen molar-refractivity contribution in [1.29, 1.82) is 5.26 Å². The number of aryl methyl sites for hydroxylation is 3. The van der Waals surface area contributed by atoms with Crippen LogP contribution in [0.4, 0.5) is 11.4 Å². The number of nitriles is 1. The lowest BCUT2D eigenvalue weighted by atomic mass is 10.1. The van der Waals surface area contributed by atoms with Crippen molar-refractivity contribution in [2.75, 3.05) is 17.2 Å². The topological polar surface area (TPSA) is 91.2 Å². The third-order valence-corrected chi connectivity index (χ3v) is 6.04. The number of hydrogen-bond donors (Lipinski definition) is 2. The second-order valence-corrected chi connectivity index (χ2v) is 9.72. The monoisotopic (exact) mass is 595 g/mol. The number of nitrogens with zero attached hydrogens (tertiary/aromatic N) is 1. The molecule has 0 fully saturated rings. The van der Waals surface area contributed by atoms with Gasteiger partial charge in [0.15, 0.2) is 6.61 Å². The Bertz CT molecular complexity index is 1360. The molecule has 3 aromatic rings. The zero-order chi connectivity index (χ0) is 25.5. The fraction of sp³-hybridized carbons (Fsp3) is 0.148. The predicted molar refractivity (Wildman–Crippen MR) is 145 cm³/mol. The SMILES string of the molecule is Cc1cccc(NC(=O)/C(C#N)=C/c2cc(Br)cc(Br)c2OCC(=O)Nc2cc(C)ccc2C)c1. The summed E-state index contributed by atoms with van der Waals surface area (Å²) in [7, 11) is 0. The number of anilines is 2. The zero-order valence-electron chi connectivity index (χ0n) is 19.4. The first kappa shape index (κ1) is 26.2. The lowest BCUT2D eigenvalue weighted by Gasteiger charge is -2.14. The van der Waals surface area contributed by atoms with Crippen molar-refractivity contribution in [3.63, 3.8) is 0 Å². The molecule has 178 valence electrons. The molecule has 0 spiro atoms. The molecule has 0 radical (unpaired) electrons. The quantitative estimate of drug-likeness (QED) is 0.234. The van der Waals surface area contributed by atoms with E-state index in [1.165, 1.54) is 6.08 Å². The number of halogens is 2. The normalized spacial score (nSPS) is 10.9. The van der Waals surface area contributed by atoms with E-state index in [9.17, 15) is 14.9 Å². The maximum absolute atomic E-state index is 12.7. The Labute approximate surface area is 221 Å². The molecule has 0 atom stereocenters. The van der Waals surface area contributed by atoms with Crippen LogP contribution >= 0.6 is 31.9 Å². The van der Waals surface area contributed by atoms with E-state index in [2.05, 4.69) is 42.5 Å². The van der Waals surface area contributed by atoms with Crippen molar-refractivity contribution in [3.8, 4) is 11.8 Å². The molecule has 0 aliphatic heterocycles. The molecule has 0 unspecified atom stereocenters. The van der Waals surface area contributed by atoms with E-state index >= 15 is 0 Å². The first-order valence-corrected chi connectivity index (χ1v) is 12.2. The maximum Gasteiger partial charge on any atom is 0.266 e. The average molecular weight is 597 g/mol. The lowest BCUT2D eigenvalue weighted by Crippen LogP contribution is -2.21. The highest BCUT2D eigenvalue weighted by Crippen LogP contribution is 2.34. The van der Waals surface area contributed by atoms with Gasteiger partial charge in [-0.15, -0.1) is 0 Å². The summed E-state index contributed by atoms with van der Waals surface area (Å²) in [6.45, 7) is 5.52. The molecule has 0 aliphatic carbocycles. The number of nitrogens with one attached hydrogen (secondary N) is 2. The summed E-state index contributed by atoms with van der Waals surface area (Å²) in [6, 6.07) is 18.5. The van der Waals surface area contributed by atoms with Gasteiger partial charge in [0, 0.05) is 21.4 Å². The van der Waals surface area contributed by atoms with Crippen molar-refractivity contribution >= 4 is 61.1 Å². The van der Waals surface area contributed by atoms with E-state index in [0.717, 1.165) is 16.7 Å².